The molecule has 0 atom stereocenters. The molecule has 0 N–H and O–H groups in total. The Balaban J connectivity index is 2.41. The van der Waals surface area contributed by atoms with Crippen molar-refractivity contribution in [2.24, 2.45) is 0 Å². The molecule has 178 valence electrons. The second kappa shape index (κ2) is 14.1. The van der Waals surface area contributed by atoms with Crippen LogP contribution in [0.3, 0.4) is 0 Å². The van der Waals surface area contributed by atoms with Gasteiger partial charge in [-0.1, -0.05) is 149 Å². The highest BCUT2D eigenvalue weighted by Crippen LogP contribution is 2.53. The summed E-state index contributed by atoms with van der Waals surface area (Å²) in [7, 11) is 0. The van der Waals surface area contributed by atoms with Crippen LogP contribution in [0.5, 0.6) is 0 Å². The van der Waals surface area contributed by atoms with E-state index in [0.29, 0.717) is 16.3 Å². The van der Waals surface area contributed by atoms with Gasteiger partial charge >= 0.3 is 0 Å². The zero-order valence-electron chi connectivity index (χ0n) is 16.3. The van der Waals surface area contributed by atoms with Crippen molar-refractivity contribution in [1.29, 1.82) is 0 Å². The van der Waals surface area contributed by atoms with Crippen LogP contribution in [0, 0.1) is 0 Å². The summed E-state index contributed by atoms with van der Waals surface area (Å²) in [4.78, 5) is 0.902. The van der Waals surface area contributed by atoms with Gasteiger partial charge in [-0.3, -0.25) is 0 Å². The zero-order chi connectivity index (χ0) is 24.2. The standard InChI is InChI=1S/C19H15Cl10NS2/c1-2-3-4-5-6-7-30(31-18-14(26)10(22)8(20)11(23)15(18)27)32-19-16(28)12(24)9(21)13(25)17(19)29/h2-7H2,1H3. The number of hydrogen-bond donors (Lipinski definition) is 0. The molecule has 13 heteroatoms. The van der Waals surface area contributed by atoms with Crippen LogP contribution in [0.25, 0.3) is 0 Å². The lowest BCUT2D eigenvalue weighted by Crippen LogP contribution is -2.09. The summed E-state index contributed by atoms with van der Waals surface area (Å²) in [6.07, 6.45) is 5.38. The van der Waals surface area contributed by atoms with Crippen molar-refractivity contribution in [3.05, 3.63) is 50.2 Å². The molecular formula is C19H15Cl10NS2. The van der Waals surface area contributed by atoms with Gasteiger partial charge in [-0.2, -0.15) is 3.71 Å². The minimum atomic E-state index is 0.0915. The van der Waals surface area contributed by atoms with E-state index in [9.17, 15) is 0 Å². The summed E-state index contributed by atoms with van der Waals surface area (Å²) in [6.45, 7) is 2.79. The molecule has 32 heavy (non-hydrogen) atoms. The highest BCUT2D eigenvalue weighted by molar-refractivity contribution is 8.12. The fraction of sp³-hybridized carbons (Fsp3) is 0.368. The Morgan fingerprint density at radius 2 is 0.781 bits per heavy atom. The molecule has 0 aliphatic carbocycles. The molecule has 1 nitrogen and oxygen atoms in total. The second-order valence-electron chi connectivity index (χ2n) is 6.45. The molecule has 0 amide bonds. The smallest absolute Gasteiger partial charge is 0.0809 e. The van der Waals surface area contributed by atoms with Crippen LogP contribution in [0.2, 0.25) is 50.2 Å². The number of benzene rings is 2. The van der Waals surface area contributed by atoms with Gasteiger partial charge in [-0.15, -0.1) is 0 Å². The van der Waals surface area contributed by atoms with Gasteiger partial charge in [0.25, 0.3) is 0 Å². The minimum Gasteiger partial charge on any atom is -0.186 e. The van der Waals surface area contributed by atoms with E-state index < -0.39 is 0 Å². The molecule has 2 rings (SSSR count). The van der Waals surface area contributed by atoms with E-state index in [2.05, 4.69) is 6.92 Å². The third kappa shape index (κ3) is 7.28. The summed E-state index contributed by atoms with van der Waals surface area (Å²) in [5.74, 6) is 0. The highest BCUT2D eigenvalue weighted by atomic mass is 35.5. The number of nitrogens with zero attached hydrogens (tertiary/aromatic N) is 1. The number of hydrogen-bond acceptors (Lipinski definition) is 3. The molecule has 0 aliphatic rings. The Bertz CT molecular complexity index is 856. The molecule has 2 aromatic carbocycles. The van der Waals surface area contributed by atoms with Gasteiger partial charge in [0.15, 0.2) is 0 Å². The molecule has 0 saturated carbocycles. The monoisotopic (exact) mass is 671 g/mol. The van der Waals surface area contributed by atoms with Crippen molar-refractivity contribution in [2.75, 3.05) is 6.54 Å². The third-order valence-corrected chi connectivity index (χ3v) is 11.6. The maximum absolute atomic E-state index is 6.43. The molecule has 0 radical (unpaired) electrons. The van der Waals surface area contributed by atoms with E-state index in [-0.39, 0.29) is 50.2 Å². The molecule has 0 heterocycles. The topological polar surface area (TPSA) is 3.24 Å². The number of unbranched alkanes of at least 4 members (excludes halogenated alkanes) is 4. The lowest BCUT2D eigenvalue weighted by Gasteiger charge is -2.23. The lowest BCUT2D eigenvalue weighted by molar-refractivity contribution is 0.588. The predicted molar refractivity (Wildman–Crippen MR) is 150 cm³/mol. The summed E-state index contributed by atoms with van der Waals surface area (Å²) in [6, 6.07) is 0. The molecule has 0 fully saturated rings. The van der Waals surface area contributed by atoms with Gasteiger partial charge in [0.2, 0.25) is 0 Å². The van der Waals surface area contributed by atoms with Crippen molar-refractivity contribution >= 4 is 140 Å². The van der Waals surface area contributed by atoms with Gasteiger partial charge in [0.1, 0.15) is 0 Å². The highest BCUT2D eigenvalue weighted by Gasteiger charge is 2.26. The SMILES string of the molecule is CCCCCCCN(Sc1c(Cl)c(Cl)c(Cl)c(Cl)c1Cl)Sc1c(Cl)c(Cl)c(Cl)c(Cl)c1Cl. The van der Waals surface area contributed by atoms with Crippen molar-refractivity contribution in [3.8, 4) is 0 Å². The lowest BCUT2D eigenvalue weighted by atomic mass is 10.2. The Morgan fingerprint density at radius 3 is 1.12 bits per heavy atom. The molecule has 0 spiro atoms. The van der Waals surface area contributed by atoms with E-state index in [0.717, 1.165) is 25.7 Å². The second-order valence-corrected chi connectivity index (χ2v) is 12.5. The zero-order valence-corrected chi connectivity index (χ0v) is 25.5. The average molecular weight is 676 g/mol. The van der Waals surface area contributed by atoms with Gasteiger partial charge in [0.05, 0.1) is 60.0 Å². The Labute approximate surface area is 246 Å². The van der Waals surface area contributed by atoms with Crippen LogP contribution in [0.15, 0.2) is 9.79 Å². The maximum atomic E-state index is 6.43. The Hall–Kier alpha value is 2.00. The fourth-order valence-electron chi connectivity index (χ4n) is 2.49. The van der Waals surface area contributed by atoms with Crippen molar-refractivity contribution in [2.45, 2.75) is 48.8 Å². The molecule has 2 aromatic rings. The first-order chi connectivity index (χ1) is 15.0. The first-order valence-electron chi connectivity index (χ1n) is 9.19. The van der Waals surface area contributed by atoms with Crippen LogP contribution in [-0.4, -0.2) is 10.3 Å². The van der Waals surface area contributed by atoms with E-state index >= 15 is 0 Å². The normalized spacial score (nSPS) is 11.6. The Kier molecular flexibility index (Phi) is 13.3. The van der Waals surface area contributed by atoms with Crippen molar-refractivity contribution in [3.63, 3.8) is 0 Å². The van der Waals surface area contributed by atoms with Gasteiger partial charge in [-0.25, -0.2) is 0 Å². The largest absolute Gasteiger partial charge is 0.186 e. The Morgan fingerprint density at radius 1 is 0.469 bits per heavy atom. The number of halogens is 10. The summed E-state index contributed by atoms with van der Waals surface area (Å²) in [5.41, 5.74) is 0. The maximum Gasteiger partial charge on any atom is 0.0809 e. The molecule has 0 saturated heterocycles. The summed E-state index contributed by atoms with van der Waals surface area (Å²) in [5, 5.41) is 1.42. The summed E-state index contributed by atoms with van der Waals surface area (Å²) >= 11 is 65.4. The minimum absolute atomic E-state index is 0.0915. The predicted octanol–water partition coefficient (Wildman–Crippen LogP) is 13.2. The van der Waals surface area contributed by atoms with Crippen LogP contribution in [-0.2, 0) is 0 Å². The van der Waals surface area contributed by atoms with Crippen LogP contribution >= 0.6 is 140 Å². The number of rotatable bonds is 10. The van der Waals surface area contributed by atoms with Crippen LogP contribution in [0.1, 0.15) is 39.0 Å². The summed E-state index contributed by atoms with van der Waals surface area (Å²) < 4.78 is 1.91. The van der Waals surface area contributed by atoms with Gasteiger partial charge in [0, 0.05) is 6.54 Å². The van der Waals surface area contributed by atoms with E-state index in [4.69, 9.17) is 116 Å². The van der Waals surface area contributed by atoms with Gasteiger partial charge in [-0.05, 0) is 30.3 Å². The van der Waals surface area contributed by atoms with E-state index in [1.54, 1.807) is 0 Å². The van der Waals surface area contributed by atoms with Crippen LogP contribution in [0.4, 0.5) is 0 Å². The van der Waals surface area contributed by atoms with Crippen LogP contribution < -0.4 is 0 Å². The third-order valence-electron chi connectivity index (χ3n) is 4.17. The fourth-order valence-corrected chi connectivity index (χ4v) is 7.58. The average Bonchev–Trinajstić information content (AvgIpc) is 2.78. The first kappa shape index (κ1) is 30.2. The van der Waals surface area contributed by atoms with E-state index in [1.165, 1.54) is 30.3 Å². The van der Waals surface area contributed by atoms with Crippen molar-refractivity contribution in [1.82, 2.24) is 3.71 Å². The molecule has 0 aliphatic heterocycles. The molecule has 0 aromatic heterocycles. The molecular weight excluding hydrogens is 661 g/mol. The molecule has 0 unspecified atom stereocenters. The van der Waals surface area contributed by atoms with E-state index in [1.807, 2.05) is 3.71 Å². The van der Waals surface area contributed by atoms with Crippen molar-refractivity contribution < 1.29 is 0 Å². The first-order valence-corrected chi connectivity index (χ1v) is 14.5. The van der Waals surface area contributed by atoms with Gasteiger partial charge < -0.3 is 0 Å². The molecule has 0 bridgehead atoms. The quantitative estimate of drug-likeness (QED) is 0.107.